The van der Waals surface area contributed by atoms with Gasteiger partial charge >= 0.3 is 0 Å². The topological polar surface area (TPSA) is 15.3 Å². The third-order valence-corrected chi connectivity index (χ3v) is 4.82. The molecule has 0 spiro atoms. The molecule has 2 rings (SSSR count). The molecule has 2 atom stereocenters. The maximum Gasteiger partial charge on any atom is 0.123 e. The average molecular weight is 289 g/mol. The Hall–Kier alpha value is -0.290. The van der Waals surface area contributed by atoms with Crippen molar-refractivity contribution in [2.24, 2.45) is 0 Å². The number of halogens is 2. The van der Waals surface area contributed by atoms with Gasteiger partial charge in [-0.2, -0.15) is 11.8 Å². The highest BCUT2D eigenvalue weighted by molar-refractivity contribution is 7.99. The van der Waals surface area contributed by atoms with Crippen LogP contribution in [-0.4, -0.2) is 43.1 Å². The summed E-state index contributed by atoms with van der Waals surface area (Å²) in [5.74, 6) is 1.95. The van der Waals surface area contributed by atoms with Crippen LogP contribution in [0.15, 0.2) is 18.2 Å². The number of benzene rings is 1. The molecule has 1 fully saturated rings. The summed E-state index contributed by atoms with van der Waals surface area (Å²) >= 11 is 8.14. The minimum Gasteiger partial charge on any atom is -0.312 e. The Balaban J connectivity index is 2.29. The van der Waals surface area contributed by atoms with Crippen LogP contribution in [-0.2, 0) is 0 Å². The molecule has 1 heterocycles. The molecule has 0 radical (unpaired) electrons. The second-order valence-electron chi connectivity index (χ2n) is 4.56. The summed E-state index contributed by atoms with van der Waals surface area (Å²) in [7, 11) is 4.01. The van der Waals surface area contributed by atoms with Crippen molar-refractivity contribution in [1.29, 1.82) is 0 Å². The predicted octanol–water partition coefficient (Wildman–Crippen LogP) is 2.79. The molecule has 1 aliphatic heterocycles. The first-order valence-corrected chi connectivity index (χ1v) is 7.57. The summed E-state index contributed by atoms with van der Waals surface area (Å²) in [6, 6.07) is 4.97. The van der Waals surface area contributed by atoms with E-state index in [9.17, 15) is 4.39 Å². The zero-order valence-electron chi connectivity index (χ0n) is 10.6. The van der Waals surface area contributed by atoms with Gasteiger partial charge in [0.25, 0.3) is 0 Å². The van der Waals surface area contributed by atoms with Crippen molar-refractivity contribution in [3.63, 3.8) is 0 Å². The number of nitrogens with one attached hydrogen (secondary N) is 1. The van der Waals surface area contributed by atoms with Gasteiger partial charge in [0.05, 0.1) is 0 Å². The molecule has 2 unspecified atom stereocenters. The summed E-state index contributed by atoms with van der Waals surface area (Å²) in [6.45, 7) is 1.06. The number of rotatable bonds is 3. The average Bonchev–Trinajstić information content (AvgIpc) is 2.36. The molecule has 5 heteroatoms. The van der Waals surface area contributed by atoms with Gasteiger partial charge in [0, 0.05) is 35.2 Å². The number of hydrogen-bond donors (Lipinski definition) is 1. The SMILES string of the molecule is CNC(c1cc(F)ccc1Cl)C1CSCCN1C. The van der Waals surface area contributed by atoms with E-state index < -0.39 is 0 Å². The maximum absolute atomic E-state index is 13.4. The maximum atomic E-state index is 13.4. The Labute approximate surface area is 117 Å². The van der Waals surface area contributed by atoms with Crippen LogP contribution in [0.25, 0.3) is 0 Å². The molecular formula is C13H18ClFN2S. The first kappa shape index (κ1) is 14.1. The molecule has 100 valence electrons. The molecule has 1 saturated heterocycles. The highest BCUT2D eigenvalue weighted by Gasteiger charge is 2.29. The molecule has 1 aromatic carbocycles. The molecule has 0 amide bonds. The predicted molar refractivity (Wildman–Crippen MR) is 77.0 cm³/mol. The van der Waals surface area contributed by atoms with Crippen molar-refractivity contribution in [2.75, 3.05) is 32.1 Å². The molecule has 1 aromatic rings. The summed E-state index contributed by atoms with van der Waals surface area (Å²) in [6.07, 6.45) is 0. The van der Waals surface area contributed by atoms with Gasteiger partial charge in [-0.05, 0) is 37.9 Å². The van der Waals surface area contributed by atoms with Crippen molar-refractivity contribution in [3.05, 3.63) is 34.6 Å². The second kappa shape index (κ2) is 6.24. The number of nitrogens with zero attached hydrogens (tertiary/aromatic N) is 1. The highest BCUT2D eigenvalue weighted by atomic mass is 35.5. The Kier molecular flexibility index (Phi) is 4.90. The van der Waals surface area contributed by atoms with Crippen LogP contribution in [0.3, 0.4) is 0 Å². The standard InChI is InChI=1S/C13H18ClFN2S/c1-16-13(12-8-18-6-5-17(12)2)10-7-9(15)3-4-11(10)14/h3-4,7,12-13,16H,5-6,8H2,1-2H3. The number of thioether (sulfide) groups is 1. The van der Waals surface area contributed by atoms with Crippen molar-refractivity contribution < 1.29 is 4.39 Å². The Morgan fingerprint density at radius 1 is 1.56 bits per heavy atom. The first-order valence-electron chi connectivity index (χ1n) is 6.03. The molecule has 1 aliphatic rings. The summed E-state index contributed by atoms with van der Waals surface area (Å²) in [5, 5.41) is 3.91. The monoisotopic (exact) mass is 288 g/mol. The molecule has 0 aromatic heterocycles. The highest BCUT2D eigenvalue weighted by Crippen LogP contribution is 2.31. The molecule has 0 aliphatic carbocycles. The van der Waals surface area contributed by atoms with E-state index in [0.29, 0.717) is 11.1 Å². The Bertz CT molecular complexity index is 416. The lowest BCUT2D eigenvalue weighted by atomic mass is 9.99. The lowest BCUT2D eigenvalue weighted by molar-refractivity contribution is 0.221. The normalized spacial score (nSPS) is 23.0. The van der Waals surface area contributed by atoms with Crippen LogP contribution in [0.2, 0.25) is 5.02 Å². The van der Waals surface area contributed by atoms with Gasteiger partial charge < -0.3 is 5.32 Å². The summed E-state index contributed by atoms with van der Waals surface area (Å²) in [5.41, 5.74) is 0.846. The second-order valence-corrected chi connectivity index (χ2v) is 6.11. The lowest BCUT2D eigenvalue weighted by Crippen LogP contribution is -2.47. The van der Waals surface area contributed by atoms with Crippen LogP contribution in [0.4, 0.5) is 4.39 Å². The van der Waals surface area contributed by atoms with E-state index in [4.69, 9.17) is 11.6 Å². The van der Waals surface area contributed by atoms with E-state index in [1.807, 2.05) is 18.8 Å². The Morgan fingerprint density at radius 2 is 2.33 bits per heavy atom. The van der Waals surface area contributed by atoms with E-state index in [2.05, 4.69) is 17.3 Å². The van der Waals surface area contributed by atoms with Gasteiger partial charge in [0.2, 0.25) is 0 Å². The van der Waals surface area contributed by atoms with Crippen molar-refractivity contribution >= 4 is 23.4 Å². The van der Waals surface area contributed by atoms with Crippen molar-refractivity contribution in [3.8, 4) is 0 Å². The largest absolute Gasteiger partial charge is 0.312 e. The van der Waals surface area contributed by atoms with E-state index in [1.165, 1.54) is 12.1 Å². The zero-order chi connectivity index (χ0) is 13.1. The Morgan fingerprint density at radius 3 is 3.00 bits per heavy atom. The van der Waals surface area contributed by atoms with Crippen LogP contribution >= 0.6 is 23.4 Å². The van der Waals surface area contributed by atoms with Gasteiger partial charge in [-0.3, -0.25) is 4.90 Å². The van der Waals surface area contributed by atoms with Crippen molar-refractivity contribution in [2.45, 2.75) is 12.1 Å². The molecule has 18 heavy (non-hydrogen) atoms. The van der Waals surface area contributed by atoms with Gasteiger partial charge in [0.1, 0.15) is 5.82 Å². The minimum absolute atomic E-state index is 0.0611. The lowest BCUT2D eigenvalue weighted by Gasteiger charge is -2.38. The van der Waals surface area contributed by atoms with Crippen LogP contribution in [0, 0.1) is 5.82 Å². The summed E-state index contributed by atoms with van der Waals surface area (Å²) < 4.78 is 13.4. The number of hydrogen-bond acceptors (Lipinski definition) is 3. The van der Waals surface area contributed by atoms with Gasteiger partial charge in [-0.1, -0.05) is 11.6 Å². The third-order valence-electron chi connectivity index (χ3n) is 3.43. The zero-order valence-corrected chi connectivity index (χ0v) is 12.2. The molecule has 0 saturated carbocycles. The third kappa shape index (κ3) is 2.99. The van der Waals surface area contributed by atoms with Gasteiger partial charge in [-0.15, -0.1) is 0 Å². The number of likely N-dealkylation sites (N-methyl/N-ethyl adjacent to an activating group) is 2. The molecule has 0 bridgehead atoms. The first-order chi connectivity index (χ1) is 8.63. The fraction of sp³-hybridized carbons (Fsp3) is 0.538. The van der Waals surface area contributed by atoms with E-state index in [-0.39, 0.29) is 11.9 Å². The minimum atomic E-state index is -0.235. The van der Waals surface area contributed by atoms with E-state index in [0.717, 1.165) is 23.6 Å². The molecule has 2 nitrogen and oxygen atoms in total. The van der Waals surface area contributed by atoms with Gasteiger partial charge in [0.15, 0.2) is 0 Å². The van der Waals surface area contributed by atoms with Crippen LogP contribution < -0.4 is 5.32 Å². The fourth-order valence-electron chi connectivity index (χ4n) is 2.36. The molecule has 1 N–H and O–H groups in total. The quantitative estimate of drug-likeness (QED) is 0.921. The van der Waals surface area contributed by atoms with E-state index >= 15 is 0 Å². The van der Waals surface area contributed by atoms with Crippen LogP contribution in [0.5, 0.6) is 0 Å². The van der Waals surface area contributed by atoms with E-state index in [1.54, 1.807) is 6.07 Å². The molecular weight excluding hydrogens is 271 g/mol. The van der Waals surface area contributed by atoms with Crippen molar-refractivity contribution in [1.82, 2.24) is 10.2 Å². The van der Waals surface area contributed by atoms with Crippen LogP contribution in [0.1, 0.15) is 11.6 Å². The summed E-state index contributed by atoms with van der Waals surface area (Å²) in [4.78, 5) is 2.32. The fourth-order valence-corrected chi connectivity index (χ4v) is 3.87. The van der Waals surface area contributed by atoms with Gasteiger partial charge in [-0.25, -0.2) is 4.39 Å². The smallest absolute Gasteiger partial charge is 0.123 e.